The van der Waals surface area contributed by atoms with Gasteiger partial charge in [-0.2, -0.15) is 10.4 Å². The Morgan fingerprint density at radius 2 is 1.88 bits per heavy atom. The molecule has 0 spiro atoms. The van der Waals surface area contributed by atoms with E-state index in [1.807, 2.05) is 81.4 Å². The van der Waals surface area contributed by atoms with E-state index in [1.54, 1.807) is 4.68 Å². The van der Waals surface area contributed by atoms with Crippen molar-refractivity contribution in [1.29, 1.82) is 5.26 Å². The number of anilines is 1. The van der Waals surface area contributed by atoms with Crippen LogP contribution in [-0.4, -0.2) is 34.6 Å². The van der Waals surface area contributed by atoms with Gasteiger partial charge in [0.15, 0.2) is 5.78 Å². The lowest BCUT2D eigenvalue weighted by atomic mass is 9.68. The molecular weight excluding hydrogens is 418 g/mol. The van der Waals surface area contributed by atoms with Crippen LogP contribution in [0.2, 0.25) is 0 Å². The number of benzene rings is 2. The second-order valence-electron chi connectivity index (χ2n) is 9.08. The number of carbonyl (C=O) groups is 1. The standard InChI is InChI=1S/C25H23N5OS/c1-25(2)13-19(31)21-22(15-9-11-16(12-10-15)29(3)4)28-30(23(21)17(25)14-26)24-27-18-7-5-6-8-20(18)32-24/h5-12,17H,13H2,1-4H3. The van der Waals surface area contributed by atoms with Gasteiger partial charge in [-0.05, 0) is 29.7 Å². The van der Waals surface area contributed by atoms with Crippen molar-refractivity contribution in [1.82, 2.24) is 14.8 Å². The Balaban J connectivity index is 1.78. The van der Waals surface area contributed by atoms with Crippen molar-refractivity contribution in [3.8, 4) is 22.5 Å². The van der Waals surface area contributed by atoms with Crippen molar-refractivity contribution in [2.45, 2.75) is 26.2 Å². The summed E-state index contributed by atoms with van der Waals surface area (Å²) in [6.07, 6.45) is 0.312. The van der Waals surface area contributed by atoms with E-state index < -0.39 is 11.3 Å². The number of hydrogen-bond donors (Lipinski definition) is 0. The Morgan fingerprint density at radius 1 is 1.16 bits per heavy atom. The second kappa shape index (κ2) is 7.28. The first-order valence-corrected chi connectivity index (χ1v) is 11.3. The normalized spacial score (nSPS) is 17.2. The number of carbonyl (C=O) groups excluding carboxylic acids is 1. The fraction of sp³-hybridized carbons (Fsp3) is 0.280. The molecule has 2 aromatic heterocycles. The number of thiazole rings is 1. The van der Waals surface area contributed by atoms with Gasteiger partial charge in [-0.25, -0.2) is 9.67 Å². The molecule has 32 heavy (non-hydrogen) atoms. The number of aromatic nitrogens is 3. The molecule has 0 radical (unpaired) electrons. The zero-order valence-corrected chi connectivity index (χ0v) is 19.3. The maximum absolute atomic E-state index is 13.4. The quantitative estimate of drug-likeness (QED) is 0.423. The predicted octanol–water partition coefficient (Wildman–Crippen LogP) is 5.43. The average Bonchev–Trinajstić information content (AvgIpc) is 3.35. The van der Waals surface area contributed by atoms with E-state index in [2.05, 4.69) is 6.07 Å². The van der Waals surface area contributed by atoms with Gasteiger partial charge in [-0.1, -0.05) is 49.4 Å². The van der Waals surface area contributed by atoms with Crippen molar-refractivity contribution in [2.24, 2.45) is 5.41 Å². The molecule has 0 saturated heterocycles. The van der Waals surface area contributed by atoms with E-state index in [1.165, 1.54) is 11.3 Å². The molecule has 0 aliphatic heterocycles. The summed E-state index contributed by atoms with van der Waals surface area (Å²) < 4.78 is 2.78. The number of ketones is 1. The van der Waals surface area contributed by atoms with Crippen LogP contribution in [0.3, 0.4) is 0 Å². The number of nitrogens with zero attached hydrogens (tertiary/aromatic N) is 5. The maximum Gasteiger partial charge on any atom is 0.211 e. The summed E-state index contributed by atoms with van der Waals surface area (Å²) in [7, 11) is 3.98. The summed E-state index contributed by atoms with van der Waals surface area (Å²) in [5.74, 6) is -0.444. The molecule has 1 atom stereocenters. The molecule has 0 saturated carbocycles. The smallest absolute Gasteiger partial charge is 0.211 e. The Bertz CT molecular complexity index is 1360. The molecule has 4 aromatic rings. The number of Topliss-reactive ketones (excluding diaryl/α,β-unsaturated/α-hetero) is 1. The van der Waals surface area contributed by atoms with Gasteiger partial charge < -0.3 is 4.90 Å². The number of rotatable bonds is 3. The number of para-hydroxylation sites is 1. The van der Waals surface area contributed by atoms with Gasteiger partial charge in [0.2, 0.25) is 5.13 Å². The lowest BCUT2D eigenvalue weighted by Crippen LogP contribution is -2.32. The van der Waals surface area contributed by atoms with Crippen molar-refractivity contribution >= 4 is 33.0 Å². The Morgan fingerprint density at radius 3 is 2.53 bits per heavy atom. The van der Waals surface area contributed by atoms with Crippen LogP contribution >= 0.6 is 11.3 Å². The van der Waals surface area contributed by atoms with Crippen LogP contribution in [0.15, 0.2) is 48.5 Å². The highest BCUT2D eigenvalue weighted by Crippen LogP contribution is 2.48. The summed E-state index contributed by atoms with van der Waals surface area (Å²) in [5, 5.41) is 15.7. The molecule has 0 bridgehead atoms. The molecule has 7 heteroatoms. The van der Waals surface area contributed by atoms with Gasteiger partial charge >= 0.3 is 0 Å². The highest BCUT2D eigenvalue weighted by molar-refractivity contribution is 7.20. The summed E-state index contributed by atoms with van der Waals surface area (Å²) in [5.41, 5.74) is 4.13. The SMILES string of the molecule is CN(C)c1ccc(-c2nn(-c3nc4ccccc4s3)c3c2C(=O)CC(C)(C)C3C#N)cc1. The zero-order valence-electron chi connectivity index (χ0n) is 18.5. The first-order valence-electron chi connectivity index (χ1n) is 10.5. The first-order chi connectivity index (χ1) is 15.3. The Labute approximate surface area is 190 Å². The largest absolute Gasteiger partial charge is 0.378 e. The molecule has 0 N–H and O–H groups in total. The van der Waals surface area contributed by atoms with Crippen molar-refractivity contribution in [3.05, 3.63) is 59.8 Å². The van der Waals surface area contributed by atoms with E-state index in [9.17, 15) is 10.1 Å². The van der Waals surface area contributed by atoms with Crippen molar-refractivity contribution < 1.29 is 4.79 Å². The third-order valence-electron chi connectivity index (χ3n) is 6.12. The van der Waals surface area contributed by atoms with Crippen LogP contribution in [0.1, 0.15) is 42.2 Å². The van der Waals surface area contributed by atoms with Gasteiger partial charge in [-0.3, -0.25) is 4.79 Å². The highest BCUT2D eigenvalue weighted by Gasteiger charge is 2.45. The van der Waals surface area contributed by atoms with Crippen LogP contribution in [0.5, 0.6) is 0 Å². The van der Waals surface area contributed by atoms with E-state index >= 15 is 0 Å². The second-order valence-corrected chi connectivity index (χ2v) is 10.1. The van der Waals surface area contributed by atoms with Crippen LogP contribution in [0, 0.1) is 16.7 Å². The van der Waals surface area contributed by atoms with Gasteiger partial charge in [0.05, 0.1) is 33.5 Å². The van der Waals surface area contributed by atoms with Crippen LogP contribution in [-0.2, 0) is 0 Å². The van der Waals surface area contributed by atoms with Crippen molar-refractivity contribution in [2.75, 3.05) is 19.0 Å². The summed E-state index contributed by atoms with van der Waals surface area (Å²) >= 11 is 1.51. The Kier molecular flexibility index (Phi) is 4.64. The van der Waals surface area contributed by atoms with Crippen LogP contribution in [0.4, 0.5) is 5.69 Å². The molecule has 6 nitrogen and oxygen atoms in total. The van der Waals surface area contributed by atoms with E-state index in [0.717, 1.165) is 21.5 Å². The van der Waals surface area contributed by atoms with E-state index in [-0.39, 0.29) is 5.78 Å². The monoisotopic (exact) mass is 441 g/mol. The molecule has 160 valence electrons. The van der Waals surface area contributed by atoms with Crippen LogP contribution < -0.4 is 4.90 Å². The lowest BCUT2D eigenvalue weighted by Gasteiger charge is -2.33. The highest BCUT2D eigenvalue weighted by atomic mass is 32.1. The molecule has 0 fully saturated rings. The molecule has 1 unspecified atom stereocenters. The molecule has 5 rings (SSSR count). The van der Waals surface area contributed by atoms with Gasteiger partial charge in [0, 0.05) is 31.8 Å². The van der Waals surface area contributed by atoms with E-state index in [4.69, 9.17) is 10.1 Å². The Hall–Kier alpha value is -3.50. The first kappa shape index (κ1) is 20.4. The minimum Gasteiger partial charge on any atom is -0.378 e. The van der Waals surface area contributed by atoms with Crippen LogP contribution in [0.25, 0.3) is 26.6 Å². The summed E-state index contributed by atoms with van der Waals surface area (Å²) in [4.78, 5) is 20.2. The van der Waals surface area contributed by atoms with Gasteiger partial charge in [0.25, 0.3) is 0 Å². The predicted molar refractivity (Wildman–Crippen MR) is 128 cm³/mol. The van der Waals surface area contributed by atoms with Gasteiger partial charge in [-0.15, -0.1) is 0 Å². The van der Waals surface area contributed by atoms with E-state index in [0.29, 0.717) is 28.5 Å². The maximum atomic E-state index is 13.4. The molecule has 2 heterocycles. The zero-order chi connectivity index (χ0) is 22.6. The number of hydrogen-bond acceptors (Lipinski definition) is 6. The topological polar surface area (TPSA) is 74.8 Å². The van der Waals surface area contributed by atoms with Gasteiger partial charge in [0.1, 0.15) is 5.69 Å². The third kappa shape index (κ3) is 3.10. The number of nitriles is 1. The fourth-order valence-corrected chi connectivity index (χ4v) is 5.33. The minimum atomic E-state index is -0.487. The lowest BCUT2D eigenvalue weighted by molar-refractivity contribution is 0.0900. The number of fused-ring (bicyclic) bond motifs is 2. The fourth-order valence-electron chi connectivity index (χ4n) is 4.40. The minimum absolute atomic E-state index is 0.0237. The molecule has 1 aliphatic rings. The van der Waals surface area contributed by atoms with Crippen molar-refractivity contribution in [3.63, 3.8) is 0 Å². The molecular formula is C25H23N5OS. The molecule has 0 amide bonds. The average molecular weight is 442 g/mol. The molecule has 2 aromatic carbocycles. The third-order valence-corrected chi connectivity index (χ3v) is 7.13. The summed E-state index contributed by atoms with van der Waals surface area (Å²) in [6.45, 7) is 3.95. The summed E-state index contributed by atoms with van der Waals surface area (Å²) in [6, 6.07) is 18.4. The molecule has 1 aliphatic carbocycles.